The zero-order chi connectivity index (χ0) is 12.7. The summed E-state index contributed by atoms with van der Waals surface area (Å²) in [5, 5.41) is 10.9. The summed E-state index contributed by atoms with van der Waals surface area (Å²) in [6.07, 6.45) is 1.36. The molecule has 0 N–H and O–H groups in total. The summed E-state index contributed by atoms with van der Waals surface area (Å²) >= 11 is 0. The normalized spacial score (nSPS) is 11.8. The van der Waals surface area contributed by atoms with Crippen molar-refractivity contribution in [1.29, 1.82) is 0 Å². The van der Waals surface area contributed by atoms with Crippen LogP contribution in [0.1, 0.15) is 21.5 Å². The Bertz CT molecular complexity index is 677. The third-order valence-corrected chi connectivity index (χ3v) is 3.28. The highest BCUT2D eigenvalue weighted by molar-refractivity contribution is 5.89. The molecule has 0 fully saturated rings. The number of hydrogen-bond acceptors (Lipinski definition) is 3. The number of aldehydes is 1. The largest absolute Gasteiger partial charge is 0.298 e. The van der Waals surface area contributed by atoms with Crippen LogP contribution in [0.2, 0.25) is 0 Å². The molecule has 3 rings (SSSR count). The van der Waals surface area contributed by atoms with Crippen LogP contribution in [0.5, 0.6) is 0 Å². The monoisotopic (exact) mass is 239 g/mol. The van der Waals surface area contributed by atoms with Gasteiger partial charge in [0.05, 0.1) is 4.92 Å². The summed E-state index contributed by atoms with van der Waals surface area (Å²) in [5.41, 5.74) is 4.16. The van der Waals surface area contributed by atoms with E-state index in [0.29, 0.717) is 18.3 Å². The van der Waals surface area contributed by atoms with Crippen LogP contribution >= 0.6 is 0 Å². The molecule has 1 aliphatic carbocycles. The van der Waals surface area contributed by atoms with E-state index in [1.165, 1.54) is 6.07 Å². The summed E-state index contributed by atoms with van der Waals surface area (Å²) < 4.78 is 0. The molecule has 1 aliphatic rings. The quantitative estimate of drug-likeness (QED) is 0.392. The van der Waals surface area contributed by atoms with Gasteiger partial charge in [0.15, 0.2) is 6.29 Å². The minimum atomic E-state index is -0.464. The molecule has 0 saturated carbocycles. The molecular weight excluding hydrogens is 230 g/mol. The van der Waals surface area contributed by atoms with Gasteiger partial charge in [0.2, 0.25) is 0 Å². The van der Waals surface area contributed by atoms with Gasteiger partial charge in [-0.3, -0.25) is 14.9 Å². The Kier molecular flexibility index (Phi) is 2.23. The van der Waals surface area contributed by atoms with Crippen molar-refractivity contribution in [1.82, 2.24) is 0 Å². The predicted octanol–water partition coefficient (Wildman–Crippen LogP) is 2.98. The summed E-state index contributed by atoms with van der Waals surface area (Å²) in [4.78, 5) is 21.5. The number of nitro groups is 1. The lowest BCUT2D eigenvalue weighted by Crippen LogP contribution is -1.95. The molecule has 18 heavy (non-hydrogen) atoms. The first kappa shape index (κ1) is 10.7. The molecule has 0 saturated heterocycles. The van der Waals surface area contributed by atoms with E-state index in [4.69, 9.17) is 0 Å². The second-order valence-electron chi connectivity index (χ2n) is 4.27. The van der Waals surface area contributed by atoms with E-state index in [2.05, 4.69) is 0 Å². The maximum Gasteiger partial charge on any atom is 0.270 e. The third-order valence-electron chi connectivity index (χ3n) is 3.28. The molecule has 0 aromatic heterocycles. The lowest BCUT2D eigenvalue weighted by atomic mass is 10.0. The highest BCUT2D eigenvalue weighted by atomic mass is 16.6. The number of carbonyl (C=O) groups excluding carboxylic acids is 1. The smallest absolute Gasteiger partial charge is 0.270 e. The molecule has 0 atom stereocenters. The van der Waals surface area contributed by atoms with Gasteiger partial charge < -0.3 is 0 Å². The van der Waals surface area contributed by atoms with Gasteiger partial charge in [-0.1, -0.05) is 24.3 Å². The standard InChI is InChI=1S/C14H9NO3/c16-8-10-5-11(15(17)18)7-14-12-4-2-1-3-9(12)6-13(10)14/h1-5,7-8H,6H2. The zero-order valence-corrected chi connectivity index (χ0v) is 9.42. The fourth-order valence-corrected chi connectivity index (χ4v) is 2.45. The minimum absolute atomic E-state index is 0.0347. The Morgan fingerprint density at radius 1 is 1.17 bits per heavy atom. The van der Waals surface area contributed by atoms with Gasteiger partial charge >= 0.3 is 0 Å². The van der Waals surface area contributed by atoms with Gasteiger partial charge in [-0.05, 0) is 28.7 Å². The number of nitrogens with zero attached hydrogens (tertiary/aromatic N) is 1. The van der Waals surface area contributed by atoms with Crippen molar-refractivity contribution in [3.63, 3.8) is 0 Å². The van der Waals surface area contributed by atoms with Gasteiger partial charge in [-0.2, -0.15) is 0 Å². The molecule has 0 heterocycles. The number of benzene rings is 2. The molecule has 0 aliphatic heterocycles. The second kappa shape index (κ2) is 3.77. The third kappa shape index (κ3) is 1.43. The fraction of sp³-hybridized carbons (Fsp3) is 0.0714. The summed E-state index contributed by atoms with van der Waals surface area (Å²) in [6.45, 7) is 0. The molecule has 4 heteroatoms. The summed E-state index contributed by atoms with van der Waals surface area (Å²) in [6, 6.07) is 10.6. The molecule has 2 aromatic carbocycles. The van der Waals surface area contributed by atoms with Crippen molar-refractivity contribution in [3.8, 4) is 11.1 Å². The van der Waals surface area contributed by atoms with E-state index in [1.807, 2.05) is 24.3 Å². The Hall–Kier alpha value is -2.49. The van der Waals surface area contributed by atoms with Crippen LogP contribution in [0.4, 0.5) is 5.69 Å². The maximum atomic E-state index is 11.1. The van der Waals surface area contributed by atoms with Crippen molar-refractivity contribution < 1.29 is 9.72 Å². The van der Waals surface area contributed by atoms with Crippen LogP contribution < -0.4 is 0 Å². The molecule has 2 aromatic rings. The number of fused-ring (bicyclic) bond motifs is 3. The topological polar surface area (TPSA) is 60.2 Å². The molecule has 0 unspecified atom stereocenters. The zero-order valence-electron chi connectivity index (χ0n) is 9.42. The number of rotatable bonds is 2. The second-order valence-corrected chi connectivity index (χ2v) is 4.27. The molecule has 4 nitrogen and oxygen atoms in total. The first-order valence-electron chi connectivity index (χ1n) is 5.55. The van der Waals surface area contributed by atoms with Crippen LogP contribution in [0.25, 0.3) is 11.1 Å². The first-order valence-corrected chi connectivity index (χ1v) is 5.55. The van der Waals surface area contributed by atoms with E-state index in [-0.39, 0.29) is 5.69 Å². The van der Waals surface area contributed by atoms with Crippen molar-refractivity contribution >= 4 is 12.0 Å². The van der Waals surface area contributed by atoms with Crippen molar-refractivity contribution in [2.75, 3.05) is 0 Å². The highest BCUT2D eigenvalue weighted by Crippen LogP contribution is 2.39. The van der Waals surface area contributed by atoms with Gasteiger partial charge in [0.25, 0.3) is 5.69 Å². The SMILES string of the molecule is O=Cc1cc([N+](=O)[O-])cc2c1Cc1ccccc1-2. The van der Waals surface area contributed by atoms with E-state index in [9.17, 15) is 14.9 Å². The van der Waals surface area contributed by atoms with Gasteiger partial charge in [-0.15, -0.1) is 0 Å². The average Bonchev–Trinajstić information content (AvgIpc) is 2.76. The summed E-state index contributed by atoms with van der Waals surface area (Å²) in [7, 11) is 0. The van der Waals surface area contributed by atoms with Crippen molar-refractivity contribution in [3.05, 3.63) is 63.2 Å². The van der Waals surface area contributed by atoms with Crippen LogP contribution in [0.15, 0.2) is 36.4 Å². The maximum absolute atomic E-state index is 11.1. The average molecular weight is 239 g/mol. The Morgan fingerprint density at radius 3 is 2.67 bits per heavy atom. The minimum Gasteiger partial charge on any atom is -0.298 e. The van der Waals surface area contributed by atoms with Gasteiger partial charge in [-0.25, -0.2) is 0 Å². The van der Waals surface area contributed by atoms with Crippen molar-refractivity contribution in [2.45, 2.75) is 6.42 Å². The lowest BCUT2D eigenvalue weighted by Gasteiger charge is -2.03. The number of nitro benzene ring substituents is 1. The fourth-order valence-electron chi connectivity index (χ4n) is 2.45. The van der Waals surface area contributed by atoms with Crippen molar-refractivity contribution in [2.24, 2.45) is 0 Å². The molecular formula is C14H9NO3. The Labute approximate surface area is 103 Å². The lowest BCUT2D eigenvalue weighted by molar-refractivity contribution is -0.384. The van der Waals surface area contributed by atoms with E-state index < -0.39 is 4.92 Å². The first-order chi connectivity index (χ1) is 8.70. The molecule has 0 spiro atoms. The van der Waals surface area contributed by atoms with E-state index in [0.717, 1.165) is 22.3 Å². The van der Waals surface area contributed by atoms with Gasteiger partial charge in [0.1, 0.15) is 0 Å². The number of hydrogen-bond donors (Lipinski definition) is 0. The van der Waals surface area contributed by atoms with E-state index in [1.54, 1.807) is 6.07 Å². The molecule has 0 bridgehead atoms. The summed E-state index contributed by atoms with van der Waals surface area (Å²) in [5.74, 6) is 0. The predicted molar refractivity (Wildman–Crippen MR) is 66.7 cm³/mol. The number of carbonyl (C=O) groups is 1. The molecule has 0 amide bonds. The van der Waals surface area contributed by atoms with Gasteiger partial charge in [0, 0.05) is 17.7 Å². The van der Waals surface area contributed by atoms with Crippen LogP contribution in [-0.4, -0.2) is 11.2 Å². The Balaban J connectivity index is 2.30. The number of non-ortho nitro benzene ring substituents is 1. The molecule has 88 valence electrons. The molecule has 0 radical (unpaired) electrons. The van der Waals surface area contributed by atoms with Crippen LogP contribution in [-0.2, 0) is 6.42 Å². The van der Waals surface area contributed by atoms with Crippen LogP contribution in [0.3, 0.4) is 0 Å². The van der Waals surface area contributed by atoms with E-state index >= 15 is 0 Å². The van der Waals surface area contributed by atoms with Crippen LogP contribution in [0, 0.1) is 10.1 Å². The Morgan fingerprint density at radius 2 is 1.94 bits per heavy atom. The highest BCUT2D eigenvalue weighted by Gasteiger charge is 2.24.